The van der Waals surface area contributed by atoms with E-state index in [0.29, 0.717) is 17.7 Å². The van der Waals surface area contributed by atoms with Crippen LogP contribution in [0, 0.1) is 11.3 Å². The van der Waals surface area contributed by atoms with Gasteiger partial charge in [-0.3, -0.25) is 0 Å². The van der Waals surface area contributed by atoms with Crippen molar-refractivity contribution >= 4 is 16.9 Å². The number of nitriles is 1. The Kier molecular flexibility index (Phi) is 3.63. The van der Waals surface area contributed by atoms with Crippen LogP contribution in [0.2, 0.25) is 0 Å². The van der Waals surface area contributed by atoms with Gasteiger partial charge >= 0.3 is 5.97 Å². The van der Waals surface area contributed by atoms with Gasteiger partial charge < -0.3 is 9.30 Å². The molecule has 0 aliphatic carbocycles. The fraction of sp³-hybridized carbons (Fsp3) is 0.111. The molecule has 0 saturated carbocycles. The van der Waals surface area contributed by atoms with Gasteiger partial charge in [0.2, 0.25) is 0 Å². The molecule has 1 heterocycles. The third kappa shape index (κ3) is 2.33. The van der Waals surface area contributed by atoms with Gasteiger partial charge in [-0.2, -0.15) is 5.26 Å². The fourth-order valence-electron chi connectivity index (χ4n) is 2.48. The first-order chi connectivity index (χ1) is 10.7. The fourth-order valence-corrected chi connectivity index (χ4v) is 2.48. The monoisotopic (exact) mass is 290 g/mol. The molecule has 0 saturated heterocycles. The van der Waals surface area contributed by atoms with Crippen LogP contribution in [0.5, 0.6) is 0 Å². The normalized spacial score (nSPS) is 10.4. The summed E-state index contributed by atoms with van der Waals surface area (Å²) >= 11 is 0. The van der Waals surface area contributed by atoms with Crippen LogP contribution in [0.3, 0.4) is 0 Å². The number of fused-ring (bicyclic) bond motifs is 1. The van der Waals surface area contributed by atoms with Gasteiger partial charge in [-0.15, -0.1) is 0 Å². The van der Waals surface area contributed by atoms with Crippen LogP contribution < -0.4 is 0 Å². The molecular weight excluding hydrogens is 276 g/mol. The number of hydrogen-bond acceptors (Lipinski definition) is 3. The van der Waals surface area contributed by atoms with Crippen molar-refractivity contribution in [1.82, 2.24) is 4.57 Å². The van der Waals surface area contributed by atoms with Gasteiger partial charge in [0.05, 0.1) is 23.3 Å². The highest BCUT2D eigenvalue weighted by molar-refractivity contribution is 5.91. The van der Waals surface area contributed by atoms with E-state index in [-0.39, 0.29) is 5.97 Å². The summed E-state index contributed by atoms with van der Waals surface area (Å²) < 4.78 is 6.95. The van der Waals surface area contributed by atoms with Gasteiger partial charge in [0.15, 0.2) is 0 Å². The summed E-state index contributed by atoms with van der Waals surface area (Å²) in [5.74, 6) is -0.346. The van der Waals surface area contributed by atoms with Crippen molar-refractivity contribution in [3.8, 4) is 11.8 Å². The molecule has 0 spiro atoms. The second-order valence-corrected chi connectivity index (χ2v) is 4.81. The summed E-state index contributed by atoms with van der Waals surface area (Å²) in [7, 11) is 0. The van der Waals surface area contributed by atoms with Gasteiger partial charge in [0, 0.05) is 17.3 Å². The largest absolute Gasteiger partial charge is 0.462 e. The number of nitrogens with zero attached hydrogens (tertiary/aromatic N) is 2. The minimum Gasteiger partial charge on any atom is -0.462 e. The Morgan fingerprint density at radius 1 is 1.23 bits per heavy atom. The summed E-state index contributed by atoms with van der Waals surface area (Å²) in [5.41, 5.74) is 2.86. The van der Waals surface area contributed by atoms with Crippen LogP contribution in [0.25, 0.3) is 16.6 Å². The first kappa shape index (κ1) is 13.9. The molecule has 0 amide bonds. The molecule has 0 atom stereocenters. The molecule has 4 heteroatoms. The third-order valence-corrected chi connectivity index (χ3v) is 3.47. The lowest BCUT2D eigenvalue weighted by molar-refractivity contribution is 0.0526. The number of aromatic nitrogens is 1. The SMILES string of the molecule is CCOC(=O)c1cccc(-n2cc(C#N)c3ccccc32)c1. The van der Waals surface area contributed by atoms with Crippen LogP contribution in [0.1, 0.15) is 22.8 Å². The zero-order valence-corrected chi connectivity index (χ0v) is 12.1. The lowest BCUT2D eigenvalue weighted by Gasteiger charge is -2.07. The van der Waals surface area contributed by atoms with Crippen LogP contribution in [-0.4, -0.2) is 17.1 Å². The molecule has 1 aromatic heterocycles. The van der Waals surface area contributed by atoms with E-state index in [9.17, 15) is 10.1 Å². The Morgan fingerprint density at radius 3 is 2.82 bits per heavy atom. The van der Waals surface area contributed by atoms with Gasteiger partial charge in [-0.25, -0.2) is 4.79 Å². The van der Waals surface area contributed by atoms with Gasteiger partial charge in [0.1, 0.15) is 6.07 Å². The van der Waals surface area contributed by atoms with Crippen LogP contribution in [0.15, 0.2) is 54.7 Å². The lowest BCUT2D eigenvalue weighted by atomic mass is 10.2. The quantitative estimate of drug-likeness (QED) is 0.691. The Hall–Kier alpha value is -3.06. The summed E-state index contributed by atoms with van der Waals surface area (Å²) in [6.45, 7) is 2.12. The second-order valence-electron chi connectivity index (χ2n) is 4.81. The molecule has 0 radical (unpaired) electrons. The Labute approximate surface area is 128 Å². The predicted octanol–water partition coefficient (Wildman–Crippen LogP) is 3.68. The molecule has 0 unspecified atom stereocenters. The number of carbonyl (C=O) groups is 1. The van der Waals surface area contributed by atoms with Gasteiger partial charge in [0.25, 0.3) is 0 Å². The summed E-state index contributed by atoms with van der Waals surface area (Å²) in [6, 6.07) is 17.1. The summed E-state index contributed by atoms with van der Waals surface area (Å²) in [4.78, 5) is 11.9. The maximum atomic E-state index is 11.9. The van der Waals surface area contributed by atoms with E-state index in [1.807, 2.05) is 41.0 Å². The van der Waals surface area contributed by atoms with E-state index in [0.717, 1.165) is 16.6 Å². The van der Waals surface area contributed by atoms with Crippen molar-refractivity contribution in [1.29, 1.82) is 5.26 Å². The highest BCUT2D eigenvalue weighted by Crippen LogP contribution is 2.24. The topological polar surface area (TPSA) is 55.0 Å². The van der Waals surface area contributed by atoms with Crippen molar-refractivity contribution < 1.29 is 9.53 Å². The Morgan fingerprint density at radius 2 is 2.05 bits per heavy atom. The molecular formula is C18H14N2O2. The van der Waals surface area contributed by atoms with E-state index in [4.69, 9.17) is 4.74 Å². The standard InChI is InChI=1S/C18H14N2O2/c1-2-22-18(21)13-6-5-7-15(10-13)20-12-14(11-19)16-8-3-4-9-17(16)20/h3-10,12H,2H2,1H3. The molecule has 4 nitrogen and oxygen atoms in total. The second kappa shape index (κ2) is 5.74. The minimum atomic E-state index is -0.346. The van der Waals surface area contributed by atoms with Crippen molar-refractivity contribution in [3.05, 3.63) is 65.9 Å². The van der Waals surface area contributed by atoms with Gasteiger partial charge in [-0.05, 0) is 31.2 Å². The minimum absolute atomic E-state index is 0.341. The number of para-hydroxylation sites is 1. The summed E-state index contributed by atoms with van der Waals surface area (Å²) in [6.07, 6.45) is 1.79. The van der Waals surface area contributed by atoms with Crippen molar-refractivity contribution in [3.63, 3.8) is 0 Å². The van der Waals surface area contributed by atoms with E-state index >= 15 is 0 Å². The van der Waals surface area contributed by atoms with Crippen LogP contribution in [0.4, 0.5) is 0 Å². The van der Waals surface area contributed by atoms with Gasteiger partial charge in [-0.1, -0.05) is 24.3 Å². The number of ether oxygens (including phenoxy) is 1. The first-order valence-electron chi connectivity index (χ1n) is 7.02. The van der Waals surface area contributed by atoms with Crippen LogP contribution in [-0.2, 0) is 4.74 Å². The molecule has 108 valence electrons. The highest BCUT2D eigenvalue weighted by Gasteiger charge is 2.11. The average molecular weight is 290 g/mol. The van der Waals surface area contributed by atoms with Crippen molar-refractivity contribution in [2.75, 3.05) is 6.61 Å². The smallest absolute Gasteiger partial charge is 0.338 e. The molecule has 0 aliphatic rings. The molecule has 0 fully saturated rings. The average Bonchev–Trinajstić information content (AvgIpc) is 2.94. The maximum Gasteiger partial charge on any atom is 0.338 e. The molecule has 0 N–H and O–H groups in total. The predicted molar refractivity (Wildman–Crippen MR) is 83.9 cm³/mol. The number of hydrogen-bond donors (Lipinski definition) is 0. The first-order valence-corrected chi connectivity index (χ1v) is 7.02. The third-order valence-electron chi connectivity index (χ3n) is 3.47. The number of benzene rings is 2. The summed E-state index contributed by atoms with van der Waals surface area (Å²) in [5, 5.41) is 10.2. The maximum absolute atomic E-state index is 11.9. The van der Waals surface area contributed by atoms with E-state index in [1.54, 1.807) is 25.3 Å². The zero-order valence-electron chi connectivity index (χ0n) is 12.1. The molecule has 2 aromatic carbocycles. The van der Waals surface area contributed by atoms with Crippen molar-refractivity contribution in [2.24, 2.45) is 0 Å². The number of rotatable bonds is 3. The number of carbonyl (C=O) groups excluding carboxylic acids is 1. The highest BCUT2D eigenvalue weighted by atomic mass is 16.5. The van der Waals surface area contributed by atoms with E-state index in [2.05, 4.69) is 6.07 Å². The van der Waals surface area contributed by atoms with Crippen LogP contribution >= 0.6 is 0 Å². The van der Waals surface area contributed by atoms with E-state index < -0.39 is 0 Å². The molecule has 22 heavy (non-hydrogen) atoms. The molecule has 3 aromatic rings. The van der Waals surface area contributed by atoms with E-state index in [1.165, 1.54) is 0 Å². The van der Waals surface area contributed by atoms with Crippen molar-refractivity contribution in [2.45, 2.75) is 6.92 Å². The zero-order chi connectivity index (χ0) is 15.5. The molecule has 0 bridgehead atoms. The molecule has 0 aliphatic heterocycles. The lowest BCUT2D eigenvalue weighted by Crippen LogP contribution is -2.05. The molecule has 3 rings (SSSR count). The Balaban J connectivity index is 2.14. The Bertz CT molecular complexity index is 887. The number of esters is 1.